The number of H-pyrrole nitrogens is 1. The molecule has 4 aromatic rings. The number of methoxy groups -OCH3 is 2. The third kappa shape index (κ3) is 5.20. The van der Waals surface area contributed by atoms with Crippen LogP contribution in [0.3, 0.4) is 0 Å². The molecule has 11 heteroatoms. The van der Waals surface area contributed by atoms with Crippen molar-refractivity contribution in [2.45, 2.75) is 48.2 Å². The maximum absolute atomic E-state index is 11.1. The molecule has 3 N–H and O–H groups in total. The quantitative estimate of drug-likeness (QED) is 0.169. The molecule has 2 saturated heterocycles. The molecule has 4 unspecified atom stereocenters. The predicted molar refractivity (Wildman–Crippen MR) is 158 cm³/mol. The molecule has 2 bridgehead atoms. The summed E-state index contributed by atoms with van der Waals surface area (Å²) < 4.78 is 19.4. The number of benzene rings is 2. The summed E-state index contributed by atoms with van der Waals surface area (Å²) in [6.07, 6.45) is 6.58. The fourth-order valence-corrected chi connectivity index (χ4v) is 7.12. The second kappa shape index (κ2) is 10.9. The van der Waals surface area contributed by atoms with Gasteiger partial charge in [-0.05, 0) is 84.5 Å². The Balaban J connectivity index is 1.07. The molecule has 4 heterocycles. The molecule has 1 saturated carbocycles. The number of pyridine rings is 1. The van der Waals surface area contributed by atoms with Crippen molar-refractivity contribution in [2.75, 3.05) is 37.9 Å². The van der Waals surface area contributed by atoms with Crippen LogP contribution in [-0.2, 0) is 9.53 Å². The molecule has 4 atom stereocenters. The topological polar surface area (TPSA) is 114 Å². The summed E-state index contributed by atoms with van der Waals surface area (Å²) in [7, 11) is 3.31. The lowest BCUT2D eigenvalue weighted by Gasteiger charge is -2.30. The van der Waals surface area contributed by atoms with Crippen LogP contribution in [0.15, 0.2) is 53.6 Å². The molecule has 10 nitrogen and oxygen atoms in total. The Hall–Kier alpha value is -3.80. The van der Waals surface area contributed by atoms with Gasteiger partial charge in [-0.2, -0.15) is 5.10 Å². The van der Waals surface area contributed by atoms with Crippen molar-refractivity contribution in [3.8, 4) is 11.5 Å². The number of hydrogen-bond acceptors (Lipinski definition) is 9. The van der Waals surface area contributed by atoms with Gasteiger partial charge < -0.3 is 24.8 Å². The molecule has 212 valence electrons. The second-order valence-corrected chi connectivity index (χ2v) is 12.0. The average Bonchev–Trinajstić information content (AvgIpc) is 3.59. The van der Waals surface area contributed by atoms with Crippen molar-refractivity contribution in [2.24, 2.45) is 0 Å². The van der Waals surface area contributed by atoms with E-state index >= 15 is 0 Å². The van der Waals surface area contributed by atoms with Crippen molar-refractivity contribution in [1.82, 2.24) is 19.5 Å². The minimum Gasteiger partial charge on any atom is -0.497 e. The summed E-state index contributed by atoms with van der Waals surface area (Å²) in [5.41, 5.74) is 4.09. The lowest BCUT2D eigenvalue weighted by Crippen LogP contribution is -2.38. The van der Waals surface area contributed by atoms with E-state index in [0.717, 1.165) is 71.6 Å². The third-order valence-corrected chi connectivity index (χ3v) is 9.20. The van der Waals surface area contributed by atoms with E-state index in [1.165, 1.54) is 5.56 Å². The highest BCUT2D eigenvalue weighted by Gasteiger charge is 2.41. The molecule has 0 radical (unpaired) electrons. The Labute approximate surface area is 242 Å². The van der Waals surface area contributed by atoms with Crippen LogP contribution in [-0.4, -0.2) is 65.4 Å². The molecule has 0 spiro atoms. The minimum absolute atomic E-state index is 0.308. The van der Waals surface area contributed by atoms with Crippen LogP contribution in [0.5, 0.6) is 11.5 Å². The first-order valence-corrected chi connectivity index (χ1v) is 14.6. The number of carbonyl (C=O) groups is 1. The maximum Gasteiger partial charge on any atom is 0.211 e. The summed E-state index contributed by atoms with van der Waals surface area (Å²) >= 11 is 1.71. The number of rotatable bonds is 10. The number of ether oxygens (including phenoxy) is 3. The summed E-state index contributed by atoms with van der Waals surface area (Å²) in [5.74, 6) is 3.42. The van der Waals surface area contributed by atoms with Crippen molar-refractivity contribution >= 4 is 46.6 Å². The van der Waals surface area contributed by atoms with Gasteiger partial charge in [0.1, 0.15) is 5.75 Å². The number of hydrogen-bond donors (Lipinski definition) is 3. The van der Waals surface area contributed by atoms with Gasteiger partial charge in [0.2, 0.25) is 6.41 Å². The van der Waals surface area contributed by atoms with Gasteiger partial charge in [-0.1, -0.05) is 6.07 Å². The van der Waals surface area contributed by atoms with Gasteiger partial charge in [0.15, 0.2) is 17.4 Å². The number of fused-ring (bicyclic) bond motifs is 3. The molecule has 3 fully saturated rings. The summed E-state index contributed by atoms with van der Waals surface area (Å²) in [6.45, 7) is 1.87. The molecule has 3 aliphatic rings. The van der Waals surface area contributed by atoms with E-state index in [2.05, 4.69) is 48.3 Å². The highest BCUT2D eigenvalue weighted by Crippen LogP contribution is 2.57. The summed E-state index contributed by atoms with van der Waals surface area (Å²) in [6, 6.07) is 14.2. The molecule has 1 aliphatic carbocycles. The monoisotopic (exact) mass is 572 g/mol. The number of anilines is 3. The Morgan fingerprint density at radius 1 is 1.05 bits per heavy atom. The molecular weight excluding hydrogens is 540 g/mol. The number of nitrogens with zero attached hydrogens (tertiary/aromatic N) is 3. The first-order chi connectivity index (χ1) is 20.1. The van der Waals surface area contributed by atoms with E-state index in [-0.39, 0.29) is 0 Å². The number of nitrogens with one attached hydrogen (secondary N) is 3. The lowest BCUT2D eigenvalue weighted by atomic mass is 10.0. The van der Waals surface area contributed by atoms with E-state index in [1.807, 2.05) is 30.5 Å². The van der Waals surface area contributed by atoms with Gasteiger partial charge in [-0.15, -0.1) is 0 Å². The number of aromatic nitrogens is 3. The zero-order valence-corrected chi connectivity index (χ0v) is 23.7. The van der Waals surface area contributed by atoms with Gasteiger partial charge in [-0.3, -0.25) is 9.89 Å². The third-order valence-electron chi connectivity index (χ3n) is 8.21. The van der Waals surface area contributed by atoms with Gasteiger partial charge in [-0.25, -0.2) is 9.29 Å². The Bertz CT molecular complexity index is 1580. The highest BCUT2D eigenvalue weighted by molar-refractivity contribution is 7.97. The lowest BCUT2D eigenvalue weighted by molar-refractivity contribution is -0.105. The Morgan fingerprint density at radius 3 is 2.68 bits per heavy atom. The molecular formula is C30H32N6O4S. The standard InChI is InChI=1S/C30H32N6O4S/c1-38-18-6-8-26(32-16-37)25(10-18)24-12-23(24)17-3-7-22-27(9-17)34-35-29(22)33-30-28(39-2)11-21(13-31-30)41-36-14-19-4-5-20(15-36)40-19/h3,6-11,13,16,19-20,23-24H,4-5,12,14-15H2,1-2H3,(H,32,37)(H2,31,33,34,35). The fraction of sp³-hybridized carbons (Fsp3) is 0.367. The second-order valence-electron chi connectivity index (χ2n) is 10.8. The van der Waals surface area contributed by atoms with Crippen LogP contribution >= 0.6 is 11.9 Å². The van der Waals surface area contributed by atoms with Crippen LogP contribution in [0.25, 0.3) is 10.9 Å². The SMILES string of the molecule is COc1ccc(NC=O)c(C2CC2c2ccc3c(Nc4ncc(SN5CC6CCC(C5)O6)cc4OC)n[nH]c3c2)c1. The Kier molecular flexibility index (Phi) is 6.93. The van der Waals surface area contributed by atoms with Crippen LogP contribution in [0, 0.1) is 0 Å². The first kappa shape index (κ1) is 26.1. The van der Waals surface area contributed by atoms with E-state index in [0.29, 0.717) is 41.4 Å². The van der Waals surface area contributed by atoms with Gasteiger partial charge in [0.05, 0.1) is 31.9 Å². The highest BCUT2D eigenvalue weighted by atomic mass is 32.2. The maximum atomic E-state index is 11.1. The molecule has 7 rings (SSSR count). The van der Waals surface area contributed by atoms with E-state index < -0.39 is 0 Å². The van der Waals surface area contributed by atoms with Crippen molar-refractivity contribution in [3.05, 3.63) is 59.8 Å². The van der Waals surface area contributed by atoms with E-state index in [9.17, 15) is 4.79 Å². The van der Waals surface area contributed by atoms with Crippen molar-refractivity contribution in [1.29, 1.82) is 0 Å². The zero-order chi connectivity index (χ0) is 27.9. The normalized spacial score (nSPS) is 23.4. The summed E-state index contributed by atoms with van der Waals surface area (Å²) in [4.78, 5) is 16.8. The van der Waals surface area contributed by atoms with Crippen molar-refractivity contribution in [3.63, 3.8) is 0 Å². The van der Waals surface area contributed by atoms with Crippen LogP contribution in [0.1, 0.15) is 42.2 Å². The average molecular weight is 573 g/mol. The number of carbonyl (C=O) groups excluding carboxylic acids is 1. The zero-order valence-electron chi connectivity index (χ0n) is 22.9. The number of morpholine rings is 1. The molecule has 2 aromatic heterocycles. The van der Waals surface area contributed by atoms with Crippen molar-refractivity contribution < 1.29 is 19.0 Å². The minimum atomic E-state index is 0.308. The number of amides is 1. The Morgan fingerprint density at radius 2 is 1.90 bits per heavy atom. The van der Waals surface area contributed by atoms with Gasteiger partial charge in [0, 0.05) is 41.3 Å². The van der Waals surface area contributed by atoms with Crippen LogP contribution in [0.4, 0.5) is 17.3 Å². The molecule has 2 aliphatic heterocycles. The van der Waals surface area contributed by atoms with E-state index in [4.69, 9.17) is 14.2 Å². The van der Waals surface area contributed by atoms with Gasteiger partial charge >= 0.3 is 0 Å². The van der Waals surface area contributed by atoms with E-state index in [1.54, 1.807) is 26.2 Å². The van der Waals surface area contributed by atoms with Crippen LogP contribution in [0.2, 0.25) is 0 Å². The molecule has 41 heavy (non-hydrogen) atoms. The first-order valence-electron chi connectivity index (χ1n) is 13.9. The van der Waals surface area contributed by atoms with Gasteiger partial charge in [0.25, 0.3) is 0 Å². The molecule has 2 aromatic carbocycles. The fourth-order valence-electron chi connectivity index (χ4n) is 6.08. The summed E-state index contributed by atoms with van der Waals surface area (Å²) in [5, 5.41) is 14.9. The number of aromatic amines is 1. The predicted octanol–water partition coefficient (Wildman–Crippen LogP) is 5.43. The largest absolute Gasteiger partial charge is 0.497 e. The van der Waals surface area contributed by atoms with Crippen LogP contribution < -0.4 is 20.1 Å². The molecule has 1 amide bonds. The smallest absolute Gasteiger partial charge is 0.211 e.